The number of halogens is 1. The normalized spacial score (nSPS) is 11.2. The van der Waals surface area contributed by atoms with Gasteiger partial charge >= 0.3 is 0 Å². The maximum Gasteiger partial charge on any atom is 0.266 e. The molecule has 190 valence electrons. The van der Waals surface area contributed by atoms with E-state index in [1.807, 2.05) is 19.9 Å². The molecule has 0 saturated carbocycles. The monoisotopic (exact) mass is 535 g/mol. The molecule has 0 aliphatic rings. The molecule has 10 heteroatoms. The van der Waals surface area contributed by atoms with Gasteiger partial charge in [-0.25, -0.2) is 10.4 Å². The molecule has 4 rings (SSSR count). The Hall–Kier alpha value is -3.82. The Balaban J connectivity index is 1.49. The first kappa shape index (κ1) is 26.2. The van der Waals surface area contributed by atoms with Crippen LogP contribution in [0.3, 0.4) is 0 Å². The summed E-state index contributed by atoms with van der Waals surface area (Å²) >= 11 is 7.14. The third kappa shape index (κ3) is 6.12. The van der Waals surface area contributed by atoms with Crippen LogP contribution >= 0.6 is 23.4 Å². The van der Waals surface area contributed by atoms with Crippen LogP contribution in [-0.4, -0.2) is 45.6 Å². The van der Waals surface area contributed by atoms with Crippen LogP contribution in [0.4, 0.5) is 5.69 Å². The highest BCUT2D eigenvalue weighted by Gasteiger charge is 2.15. The van der Waals surface area contributed by atoms with E-state index in [2.05, 4.69) is 20.4 Å². The minimum Gasteiger partial charge on any atom is -0.507 e. The molecule has 0 radical (unpaired) electrons. The summed E-state index contributed by atoms with van der Waals surface area (Å²) in [6.07, 6.45) is 1.39. The first-order valence-electron chi connectivity index (χ1n) is 11.7. The van der Waals surface area contributed by atoms with Crippen molar-refractivity contribution in [1.29, 1.82) is 0 Å². The zero-order valence-electron chi connectivity index (χ0n) is 20.4. The third-order valence-electron chi connectivity index (χ3n) is 5.70. The van der Waals surface area contributed by atoms with E-state index in [1.54, 1.807) is 60.7 Å². The van der Waals surface area contributed by atoms with Gasteiger partial charge in [0.25, 0.3) is 11.5 Å². The van der Waals surface area contributed by atoms with Gasteiger partial charge in [0.05, 0.1) is 28.6 Å². The van der Waals surface area contributed by atoms with Crippen molar-refractivity contribution in [2.24, 2.45) is 5.10 Å². The maximum atomic E-state index is 13.3. The van der Waals surface area contributed by atoms with Gasteiger partial charge in [0.2, 0.25) is 0 Å². The number of fused-ring (bicyclic) bond motifs is 1. The molecule has 3 aromatic carbocycles. The van der Waals surface area contributed by atoms with Gasteiger partial charge in [0, 0.05) is 35.4 Å². The smallest absolute Gasteiger partial charge is 0.266 e. The number of thioether (sulfide) groups is 1. The number of benzene rings is 3. The number of carbonyl (C=O) groups excluding carboxylic acids is 1. The summed E-state index contributed by atoms with van der Waals surface area (Å²) in [5, 5.41) is 15.7. The van der Waals surface area contributed by atoms with Gasteiger partial charge in [-0.2, -0.15) is 5.10 Å². The molecule has 37 heavy (non-hydrogen) atoms. The predicted octanol–water partition coefficient (Wildman–Crippen LogP) is 4.83. The number of carbonyl (C=O) groups is 1. The number of hydrogen-bond donors (Lipinski definition) is 2. The summed E-state index contributed by atoms with van der Waals surface area (Å²) in [7, 11) is 0. The van der Waals surface area contributed by atoms with Gasteiger partial charge in [-0.15, -0.1) is 0 Å². The minimum atomic E-state index is -0.384. The van der Waals surface area contributed by atoms with E-state index in [-0.39, 0.29) is 23.0 Å². The van der Waals surface area contributed by atoms with Gasteiger partial charge in [-0.3, -0.25) is 14.2 Å². The van der Waals surface area contributed by atoms with Crippen molar-refractivity contribution in [2.75, 3.05) is 23.7 Å². The van der Waals surface area contributed by atoms with E-state index in [0.717, 1.165) is 30.5 Å². The number of aromatic nitrogens is 2. The highest BCUT2D eigenvalue weighted by atomic mass is 35.5. The van der Waals surface area contributed by atoms with Gasteiger partial charge in [0.15, 0.2) is 5.16 Å². The second-order valence-electron chi connectivity index (χ2n) is 8.03. The number of hydrogen-bond acceptors (Lipinski definition) is 7. The number of aromatic hydroxyl groups is 1. The average Bonchev–Trinajstić information content (AvgIpc) is 2.90. The standard InChI is InChI=1S/C27H26ClN5O3S/c1-3-32(4-2)21-12-9-18(24(34)15-21)16-29-31-25(35)17-37-27-30-23-8-6-5-7-22(23)26(36)33(27)20-13-10-19(28)11-14-20/h5-16,34H,3-4,17H2,1-2H3,(H,31,35)/b29-16+. The molecule has 0 atom stereocenters. The molecule has 0 spiro atoms. The van der Waals surface area contributed by atoms with E-state index >= 15 is 0 Å². The number of nitrogens with zero attached hydrogens (tertiary/aromatic N) is 4. The maximum absolute atomic E-state index is 13.3. The van der Waals surface area contributed by atoms with Crippen molar-refractivity contribution < 1.29 is 9.90 Å². The molecule has 0 saturated heterocycles. The Labute approximate surface area is 223 Å². The van der Waals surface area contributed by atoms with Crippen LogP contribution in [0.15, 0.2) is 81.8 Å². The quantitative estimate of drug-likeness (QED) is 0.138. The number of amides is 1. The lowest BCUT2D eigenvalue weighted by Crippen LogP contribution is -2.24. The van der Waals surface area contributed by atoms with Crippen molar-refractivity contribution in [3.8, 4) is 11.4 Å². The second kappa shape index (κ2) is 11.9. The topological polar surface area (TPSA) is 99.8 Å². The number of phenolic OH excluding ortho intramolecular Hbond substituents is 1. The fraction of sp³-hybridized carbons (Fsp3) is 0.185. The fourth-order valence-electron chi connectivity index (χ4n) is 3.79. The zero-order valence-corrected chi connectivity index (χ0v) is 22.0. The van der Waals surface area contributed by atoms with Gasteiger partial charge in [-0.1, -0.05) is 35.5 Å². The number of para-hydroxylation sites is 1. The minimum absolute atomic E-state index is 0.0252. The lowest BCUT2D eigenvalue weighted by molar-refractivity contribution is -0.118. The Morgan fingerprint density at radius 3 is 2.57 bits per heavy atom. The highest BCUT2D eigenvalue weighted by molar-refractivity contribution is 7.99. The van der Waals surface area contributed by atoms with Crippen molar-refractivity contribution in [2.45, 2.75) is 19.0 Å². The van der Waals surface area contributed by atoms with Crippen LogP contribution < -0.4 is 15.9 Å². The average molecular weight is 536 g/mol. The SMILES string of the molecule is CCN(CC)c1ccc(/C=N/NC(=O)CSc2nc3ccccc3c(=O)n2-c2ccc(Cl)cc2)c(O)c1. The summed E-state index contributed by atoms with van der Waals surface area (Å²) in [6.45, 7) is 5.75. The molecule has 1 heterocycles. The van der Waals surface area contributed by atoms with Crippen LogP contribution in [0.5, 0.6) is 5.75 Å². The summed E-state index contributed by atoms with van der Waals surface area (Å²) in [5.41, 5.74) is 4.76. The molecule has 0 unspecified atom stereocenters. The molecule has 0 fully saturated rings. The van der Waals surface area contributed by atoms with Crippen molar-refractivity contribution >= 4 is 52.1 Å². The summed E-state index contributed by atoms with van der Waals surface area (Å²) in [5.74, 6) is -0.336. The Morgan fingerprint density at radius 1 is 1.14 bits per heavy atom. The third-order valence-corrected chi connectivity index (χ3v) is 6.89. The second-order valence-corrected chi connectivity index (χ2v) is 9.40. The number of hydrazone groups is 1. The Morgan fingerprint density at radius 2 is 1.86 bits per heavy atom. The summed E-state index contributed by atoms with van der Waals surface area (Å²) in [4.78, 5) is 32.5. The van der Waals surface area contributed by atoms with Crippen LogP contribution in [0, 0.1) is 0 Å². The van der Waals surface area contributed by atoms with Crippen LogP contribution in [0.25, 0.3) is 16.6 Å². The van der Waals surface area contributed by atoms with Crippen LogP contribution in [0.1, 0.15) is 19.4 Å². The van der Waals surface area contributed by atoms with E-state index in [0.29, 0.717) is 32.3 Å². The lowest BCUT2D eigenvalue weighted by Gasteiger charge is -2.21. The van der Waals surface area contributed by atoms with Gasteiger partial charge < -0.3 is 10.0 Å². The molecule has 0 aliphatic carbocycles. The molecule has 0 aliphatic heterocycles. The molecular formula is C27H26ClN5O3S. The van der Waals surface area contributed by atoms with E-state index in [4.69, 9.17) is 11.6 Å². The number of anilines is 1. The molecule has 1 aromatic heterocycles. The van der Waals surface area contributed by atoms with Crippen LogP contribution in [0.2, 0.25) is 5.02 Å². The van der Waals surface area contributed by atoms with Crippen LogP contribution in [-0.2, 0) is 4.79 Å². The van der Waals surface area contributed by atoms with E-state index < -0.39 is 0 Å². The number of phenols is 1. The largest absolute Gasteiger partial charge is 0.507 e. The zero-order chi connectivity index (χ0) is 26.4. The van der Waals surface area contributed by atoms with Crippen molar-refractivity contribution in [3.63, 3.8) is 0 Å². The van der Waals surface area contributed by atoms with Gasteiger partial charge in [0.1, 0.15) is 5.75 Å². The predicted molar refractivity (Wildman–Crippen MR) is 150 cm³/mol. The molecule has 8 nitrogen and oxygen atoms in total. The first-order valence-corrected chi connectivity index (χ1v) is 13.1. The lowest BCUT2D eigenvalue weighted by atomic mass is 10.2. The van der Waals surface area contributed by atoms with E-state index in [9.17, 15) is 14.7 Å². The number of rotatable bonds is 9. The molecule has 2 N–H and O–H groups in total. The van der Waals surface area contributed by atoms with E-state index in [1.165, 1.54) is 10.8 Å². The van der Waals surface area contributed by atoms with Crippen molar-refractivity contribution in [1.82, 2.24) is 15.0 Å². The molecule has 1 amide bonds. The molecular weight excluding hydrogens is 510 g/mol. The Bertz CT molecular complexity index is 1500. The summed E-state index contributed by atoms with van der Waals surface area (Å²) < 4.78 is 1.47. The number of nitrogens with one attached hydrogen (secondary N) is 1. The van der Waals surface area contributed by atoms with Crippen molar-refractivity contribution in [3.05, 3.63) is 87.7 Å². The fourth-order valence-corrected chi connectivity index (χ4v) is 4.72. The Kier molecular flexibility index (Phi) is 8.47. The first-order chi connectivity index (χ1) is 17.9. The van der Waals surface area contributed by atoms with Gasteiger partial charge in [-0.05, 0) is 62.4 Å². The molecule has 4 aromatic rings. The summed E-state index contributed by atoms with van der Waals surface area (Å²) in [6, 6.07) is 19.2. The highest BCUT2D eigenvalue weighted by Crippen LogP contribution is 2.24. The molecule has 0 bridgehead atoms.